The van der Waals surface area contributed by atoms with Crippen LogP contribution >= 0.6 is 15.9 Å². The molecule has 0 aromatic heterocycles. The first kappa shape index (κ1) is 15.2. The summed E-state index contributed by atoms with van der Waals surface area (Å²) in [4.78, 5) is 0. The van der Waals surface area contributed by atoms with Crippen molar-refractivity contribution in [2.24, 2.45) is 0 Å². The monoisotopic (exact) mass is 338 g/mol. The van der Waals surface area contributed by atoms with Gasteiger partial charge in [0.05, 0.1) is 0 Å². The smallest absolute Gasteiger partial charge is 0.159 e. The highest BCUT2D eigenvalue weighted by molar-refractivity contribution is 9.09. The van der Waals surface area contributed by atoms with E-state index in [0.29, 0.717) is 6.42 Å². The minimum Gasteiger partial charge on any atom is -0.204 e. The fourth-order valence-corrected chi connectivity index (χ4v) is 3.40. The Morgan fingerprint density at radius 2 is 1.70 bits per heavy atom. The zero-order valence-corrected chi connectivity index (χ0v) is 13.0. The molecular formula is C17H17BrF2. The zero-order valence-electron chi connectivity index (χ0n) is 11.4. The first-order valence-corrected chi connectivity index (χ1v) is 7.79. The number of hydrogen-bond acceptors (Lipinski definition) is 0. The van der Waals surface area contributed by atoms with Crippen molar-refractivity contribution in [3.8, 4) is 0 Å². The fraction of sp³-hybridized carbons (Fsp3) is 0.294. The molecule has 3 heteroatoms. The number of alkyl halides is 1. The second-order valence-corrected chi connectivity index (χ2v) is 5.62. The molecule has 0 fully saturated rings. The SMILES string of the molecule is CCC(CBr)(Cc1ccc(F)c(F)c1)c1ccccc1. The average Bonchev–Trinajstić information content (AvgIpc) is 2.49. The van der Waals surface area contributed by atoms with Crippen molar-refractivity contribution >= 4 is 15.9 Å². The van der Waals surface area contributed by atoms with Gasteiger partial charge in [-0.3, -0.25) is 0 Å². The highest BCUT2D eigenvalue weighted by Crippen LogP contribution is 2.34. The fourth-order valence-electron chi connectivity index (χ4n) is 2.48. The normalized spacial score (nSPS) is 14.0. The number of rotatable bonds is 5. The van der Waals surface area contributed by atoms with Gasteiger partial charge in [-0.15, -0.1) is 0 Å². The summed E-state index contributed by atoms with van der Waals surface area (Å²) in [5.74, 6) is -1.58. The Balaban J connectivity index is 2.36. The molecule has 106 valence electrons. The third-order valence-electron chi connectivity index (χ3n) is 3.85. The molecule has 0 aliphatic heterocycles. The van der Waals surface area contributed by atoms with Crippen LogP contribution in [0.2, 0.25) is 0 Å². The van der Waals surface area contributed by atoms with Crippen LogP contribution in [0.3, 0.4) is 0 Å². The molecule has 0 saturated carbocycles. The zero-order chi connectivity index (χ0) is 14.6. The second kappa shape index (κ2) is 6.49. The predicted molar refractivity (Wildman–Crippen MR) is 82.3 cm³/mol. The summed E-state index contributed by atoms with van der Waals surface area (Å²) < 4.78 is 26.4. The Kier molecular flexibility index (Phi) is 4.92. The molecule has 0 aliphatic rings. The van der Waals surface area contributed by atoms with E-state index in [1.165, 1.54) is 17.7 Å². The van der Waals surface area contributed by atoms with Gasteiger partial charge in [-0.25, -0.2) is 8.78 Å². The Labute approximate surface area is 127 Å². The maximum atomic E-state index is 13.4. The quantitative estimate of drug-likeness (QED) is 0.653. The molecule has 2 aromatic rings. The summed E-state index contributed by atoms with van der Waals surface area (Å²) in [5, 5.41) is 0.777. The molecule has 2 rings (SSSR count). The van der Waals surface area contributed by atoms with E-state index in [4.69, 9.17) is 0 Å². The van der Waals surface area contributed by atoms with Crippen LogP contribution in [0.5, 0.6) is 0 Å². The van der Waals surface area contributed by atoms with Crippen molar-refractivity contribution < 1.29 is 8.78 Å². The highest BCUT2D eigenvalue weighted by atomic mass is 79.9. The molecule has 0 N–H and O–H groups in total. The van der Waals surface area contributed by atoms with Crippen LogP contribution in [0.1, 0.15) is 24.5 Å². The van der Waals surface area contributed by atoms with Gasteiger partial charge in [-0.2, -0.15) is 0 Å². The number of benzene rings is 2. The standard InChI is InChI=1S/C17H17BrF2/c1-2-17(12-18,14-6-4-3-5-7-14)11-13-8-9-15(19)16(20)10-13/h3-10H,2,11-12H2,1H3. The maximum Gasteiger partial charge on any atom is 0.159 e. The molecule has 0 saturated heterocycles. The molecule has 1 unspecified atom stereocenters. The van der Waals surface area contributed by atoms with E-state index in [1.807, 2.05) is 18.2 Å². The van der Waals surface area contributed by atoms with E-state index in [0.717, 1.165) is 17.3 Å². The van der Waals surface area contributed by atoms with Crippen molar-refractivity contribution in [1.29, 1.82) is 0 Å². The van der Waals surface area contributed by atoms with E-state index in [9.17, 15) is 8.78 Å². The lowest BCUT2D eigenvalue weighted by Crippen LogP contribution is -2.30. The van der Waals surface area contributed by atoms with Gasteiger partial charge in [0.25, 0.3) is 0 Å². The number of halogens is 3. The van der Waals surface area contributed by atoms with Crippen molar-refractivity contribution in [3.05, 3.63) is 71.3 Å². The van der Waals surface area contributed by atoms with Gasteiger partial charge >= 0.3 is 0 Å². The van der Waals surface area contributed by atoms with Crippen molar-refractivity contribution in [3.63, 3.8) is 0 Å². The second-order valence-electron chi connectivity index (χ2n) is 5.06. The van der Waals surface area contributed by atoms with E-state index in [1.54, 1.807) is 6.07 Å². The molecule has 1 atom stereocenters. The van der Waals surface area contributed by atoms with E-state index < -0.39 is 11.6 Å². The number of hydrogen-bond donors (Lipinski definition) is 0. The summed E-state index contributed by atoms with van der Waals surface area (Å²) in [7, 11) is 0. The van der Waals surface area contributed by atoms with E-state index in [-0.39, 0.29) is 5.41 Å². The lowest BCUT2D eigenvalue weighted by molar-refractivity contribution is 0.459. The Bertz CT molecular complexity index is 562. The first-order chi connectivity index (χ1) is 9.61. The molecular weight excluding hydrogens is 322 g/mol. The van der Waals surface area contributed by atoms with Crippen molar-refractivity contribution in [1.82, 2.24) is 0 Å². The van der Waals surface area contributed by atoms with Gasteiger partial charge in [0.15, 0.2) is 11.6 Å². The lowest BCUT2D eigenvalue weighted by Gasteiger charge is -2.32. The average molecular weight is 339 g/mol. The highest BCUT2D eigenvalue weighted by Gasteiger charge is 2.29. The minimum atomic E-state index is -0.797. The van der Waals surface area contributed by atoms with Gasteiger partial charge in [-0.1, -0.05) is 59.3 Å². The van der Waals surface area contributed by atoms with E-state index >= 15 is 0 Å². The molecule has 0 nitrogen and oxygen atoms in total. The summed E-state index contributed by atoms with van der Waals surface area (Å²) in [6.45, 7) is 2.12. The van der Waals surface area contributed by atoms with Crippen LogP contribution in [-0.2, 0) is 11.8 Å². The topological polar surface area (TPSA) is 0 Å². The Morgan fingerprint density at radius 3 is 2.25 bits per heavy atom. The molecule has 0 bridgehead atoms. The molecule has 0 heterocycles. The summed E-state index contributed by atoms with van der Waals surface area (Å²) in [6, 6.07) is 14.3. The van der Waals surface area contributed by atoms with Crippen LogP contribution in [-0.4, -0.2) is 5.33 Å². The van der Waals surface area contributed by atoms with Crippen molar-refractivity contribution in [2.75, 3.05) is 5.33 Å². The largest absolute Gasteiger partial charge is 0.204 e. The first-order valence-electron chi connectivity index (χ1n) is 6.67. The summed E-state index contributed by atoms with van der Waals surface area (Å²) >= 11 is 3.59. The van der Waals surface area contributed by atoms with Crippen LogP contribution < -0.4 is 0 Å². The van der Waals surface area contributed by atoms with Crippen molar-refractivity contribution in [2.45, 2.75) is 25.2 Å². The van der Waals surface area contributed by atoms with Gasteiger partial charge in [0, 0.05) is 10.7 Å². The van der Waals surface area contributed by atoms with Gasteiger partial charge < -0.3 is 0 Å². The van der Waals surface area contributed by atoms with Gasteiger partial charge in [0.1, 0.15) is 0 Å². The third-order valence-corrected chi connectivity index (χ3v) is 4.92. The minimum absolute atomic E-state index is 0.106. The summed E-state index contributed by atoms with van der Waals surface area (Å²) in [5.41, 5.74) is 1.92. The molecule has 0 aliphatic carbocycles. The molecule has 0 radical (unpaired) electrons. The maximum absolute atomic E-state index is 13.4. The van der Waals surface area contributed by atoms with Gasteiger partial charge in [-0.05, 0) is 36.1 Å². The third kappa shape index (κ3) is 3.09. The van der Waals surface area contributed by atoms with E-state index in [2.05, 4.69) is 35.0 Å². The van der Waals surface area contributed by atoms with Crippen LogP contribution in [0.4, 0.5) is 8.78 Å². The Hall–Kier alpha value is -1.22. The summed E-state index contributed by atoms with van der Waals surface area (Å²) in [6.07, 6.45) is 1.59. The molecule has 0 spiro atoms. The van der Waals surface area contributed by atoms with Gasteiger partial charge in [0.2, 0.25) is 0 Å². The predicted octanol–water partition coefficient (Wildman–Crippen LogP) is 5.25. The molecule has 20 heavy (non-hydrogen) atoms. The molecule has 0 amide bonds. The lowest BCUT2D eigenvalue weighted by atomic mass is 9.75. The Morgan fingerprint density at radius 1 is 1.00 bits per heavy atom. The molecule has 2 aromatic carbocycles. The van der Waals surface area contributed by atoms with Crippen LogP contribution in [0.15, 0.2) is 48.5 Å². The van der Waals surface area contributed by atoms with Crippen LogP contribution in [0.25, 0.3) is 0 Å². The van der Waals surface area contributed by atoms with Crippen LogP contribution in [0, 0.1) is 11.6 Å².